The summed E-state index contributed by atoms with van der Waals surface area (Å²) in [5, 5.41) is 12.7. The lowest BCUT2D eigenvalue weighted by molar-refractivity contribution is -0.150. The fraction of sp³-hybridized carbons (Fsp3) is 0.312. The zero-order valence-electron chi connectivity index (χ0n) is 12.5. The first-order valence-corrected chi connectivity index (χ1v) is 7.90. The number of amides is 1. The van der Waals surface area contributed by atoms with Crippen LogP contribution in [0.1, 0.15) is 17.0 Å². The molecule has 1 amide bonds. The van der Waals surface area contributed by atoms with Crippen LogP contribution < -0.4 is 5.32 Å². The fourth-order valence-electron chi connectivity index (χ4n) is 2.64. The summed E-state index contributed by atoms with van der Waals surface area (Å²) in [7, 11) is 1.24. The number of benzene rings is 1. The van der Waals surface area contributed by atoms with E-state index in [1.54, 1.807) is 6.26 Å². The van der Waals surface area contributed by atoms with Gasteiger partial charge in [-0.3, -0.25) is 9.59 Å². The van der Waals surface area contributed by atoms with Crippen molar-refractivity contribution >= 4 is 23.6 Å². The molecule has 1 aliphatic heterocycles. The molecule has 2 atom stereocenters. The number of methoxy groups -OCH3 is 1. The quantitative estimate of drug-likeness (QED) is 0.682. The maximum Gasteiger partial charge on any atom is 0.319 e. The highest BCUT2D eigenvalue weighted by molar-refractivity contribution is 8.02. The number of ether oxygens (including phenoxy) is 1. The average molecular weight is 316 g/mol. The van der Waals surface area contributed by atoms with Gasteiger partial charge in [-0.25, -0.2) is 0 Å². The summed E-state index contributed by atoms with van der Waals surface area (Å²) < 4.78 is 4.77. The van der Waals surface area contributed by atoms with Gasteiger partial charge in [0.05, 0.1) is 23.8 Å². The summed E-state index contributed by atoms with van der Waals surface area (Å²) in [4.78, 5) is 24.5. The summed E-state index contributed by atoms with van der Waals surface area (Å²) >= 11 is 1.28. The molecule has 6 heteroatoms. The number of hydrogen-bond donors (Lipinski definition) is 1. The largest absolute Gasteiger partial charge is 0.468 e. The lowest BCUT2D eigenvalue weighted by Crippen LogP contribution is -2.44. The van der Waals surface area contributed by atoms with Gasteiger partial charge in [-0.2, -0.15) is 5.26 Å². The van der Waals surface area contributed by atoms with E-state index in [9.17, 15) is 14.9 Å². The predicted octanol–water partition coefficient (Wildman–Crippen LogP) is 2.10. The number of nitrogens with one attached hydrogen (secondary N) is 1. The monoisotopic (exact) mass is 316 g/mol. The minimum absolute atomic E-state index is 0.386. The van der Waals surface area contributed by atoms with Crippen molar-refractivity contribution in [2.75, 3.05) is 13.4 Å². The number of rotatable bonds is 3. The minimum Gasteiger partial charge on any atom is -0.468 e. The molecule has 0 bridgehead atoms. The third-order valence-electron chi connectivity index (χ3n) is 3.71. The summed E-state index contributed by atoms with van der Waals surface area (Å²) in [6.07, 6.45) is 1.78. The van der Waals surface area contributed by atoms with Gasteiger partial charge < -0.3 is 10.1 Å². The molecule has 0 aliphatic carbocycles. The zero-order chi connectivity index (χ0) is 16.3. The van der Waals surface area contributed by atoms with Crippen LogP contribution in [0.2, 0.25) is 0 Å². The number of aryl methyl sites for hydroxylation is 1. The van der Waals surface area contributed by atoms with Gasteiger partial charge in [0.1, 0.15) is 5.92 Å². The highest BCUT2D eigenvalue weighted by Gasteiger charge is 2.44. The molecule has 1 N–H and O–H groups in total. The van der Waals surface area contributed by atoms with Crippen LogP contribution >= 0.6 is 11.8 Å². The van der Waals surface area contributed by atoms with Gasteiger partial charge >= 0.3 is 5.97 Å². The van der Waals surface area contributed by atoms with Crippen molar-refractivity contribution in [2.45, 2.75) is 12.8 Å². The van der Waals surface area contributed by atoms with Crippen molar-refractivity contribution in [3.05, 3.63) is 46.0 Å². The molecule has 1 aromatic rings. The molecule has 114 valence electrons. The Morgan fingerprint density at radius 3 is 2.64 bits per heavy atom. The number of thioether (sulfide) groups is 1. The topological polar surface area (TPSA) is 79.2 Å². The number of nitriles is 1. The third-order valence-corrected chi connectivity index (χ3v) is 4.44. The standard InChI is InChI=1S/C16H16N2O3S/c1-9-6-4-5-7-10(9)12-11(8-17)15(22-3)18-14(19)13(12)16(20)21-2/h4-7,12-13H,1-3H3,(H,18,19)/t12-,13+/m1/s1. The van der Waals surface area contributed by atoms with Crippen LogP contribution in [0.25, 0.3) is 0 Å². The minimum atomic E-state index is -1.06. The Labute approximate surface area is 133 Å². The Hall–Kier alpha value is -2.26. The van der Waals surface area contributed by atoms with Crippen LogP contribution in [-0.2, 0) is 14.3 Å². The van der Waals surface area contributed by atoms with E-state index < -0.39 is 23.7 Å². The number of esters is 1. The van der Waals surface area contributed by atoms with Crippen molar-refractivity contribution in [1.82, 2.24) is 5.32 Å². The van der Waals surface area contributed by atoms with E-state index in [-0.39, 0.29) is 0 Å². The molecule has 0 spiro atoms. The van der Waals surface area contributed by atoms with Crippen molar-refractivity contribution in [3.8, 4) is 6.07 Å². The molecular formula is C16H16N2O3S. The highest BCUT2D eigenvalue weighted by atomic mass is 32.2. The SMILES string of the molecule is COC(=O)[C@@H]1C(=O)NC(SC)=C(C#N)[C@H]1c1ccccc1C. The number of carbonyl (C=O) groups is 2. The normalized spacial score (nSPS) is 21.1. The molecule has 22 heavy (non-hydrogen) atoms. The van der Waals surface area contributed by atoms with Crippen LogP contribution in [0.4, 0.5) is 0 Å². The lowest BCUT2D eigenvalue weighted by Gasteiger charge is -2.31. The van der Waals surface area contributed by atoms with Gasteiger partial charge in [-0.1, -0.05) is 24.3 Å². The summed E-state index contributed by atoms with van der Waals surface area (Å²) in [5.74, 6) is -2.77. The number of nitrogens with zero attached hydrogens (tertiary/aromatic N) is 1. The van der Waals surface area contributed by atoms with Crippen LogP contribution in [0.15, 0.2) is 34.9 Å². The molecule has 0 unspecified atom stereocenters. The van der Waals surface area contributed by atoms with Crippen LogP contribution in [-0.4, -0.2) is 25.2 Å². The first-order valence-electron chi connectivity index (χ1n) is 6.67. The molecule has 0 radical (unpaired) electrons. The molecule has 0 fully saturated rings. The molecule has 1 aliphatic rings. The highest BCUT2D eigenvalue weighted by Crippen LogP contribution is 2.40. The molecule has 1 aromatic carbocycles. The van der Waals surface area contributed by atoms with E-state index in [0.717, 1.165) is 11.1 Å². The number of hydrogen-bond acceptors (Lipinski definition) is 5. The third kappa shape index (κ3) is 2.72. The molecule has 0 saturated heterocycles. The van der Waals surface area contributed by atoms with Crippen molar-refractivity contribution < 1.29 is 14.3 Å². The molecular weight excluding hydrogens is 300 g/mol. The van der Waals surface area contributed by atoms with E-state index >= 15 is 0 Å². The maximum atomic E-state index is 12.4. The first kappa shape index (κ1) is 16.1. The van der Waals surface area contributed by atoms with E-state index in [0.29, 0.717) is 10.6 Å². The number of carbonyl (C=O) groups excluding carboxylic acids is 2. The molecule has 1 heterocycles. The molecule has 5 nitrogen and oxygen atoms in total. The van der Waals surface area contributed by atoms with Crippen molar-refractivity contribution in [3.63, 3.8) is 0 Å². The van der Waals surface area contributed by atoms with E-state index in [1.165, 1.54) is 18.9 Å². The summed E-state index contributed by atoms with van der Waals surface area (Å²) in [5.41, 5.74) is 2.09. The van der Waals surface area contributed by atoms with Crippen LogP contribution in [0, 0.1) is 24.2 Å². The Bertz CT molecular complexity index is 691. The zero-order valence-corrected chi connectivity index (χ0v) is 13.4. The Morgan fingerprint density at radius 1 is 1.41 bits per heavy atom. The first-order chi connectivity index (χ1) is 10.5. The van der Waals surface area contributed by atoms with Crippen molar-refractivity contribution in [1.29, 1.82) is 5.26 Å². The smallest absolute Gasteiger partial charge is 0.319 e. The second-order valence-electron chi connectivity index (χ2n) is 4.88. The van der Waals surface area contributed by atoms with E-state index in [1.807, 2.05) is 31.2 Å². The van der Waals surface area contributed by atoms with E-state index in [4.69, 9.17) is 4.74 Å². The Balaban J connectivity index is 2.69. The summed E-state index contributed by atoms with van der Waals surface area (Å²) in [6.45, 7) is 1.89. The van der Waals surface area contributed by atoms with Gasteiger partial charge in [0, 0.05) is 5.92 Å². The maximum absolute atomic E-state index is 12.4. The predicted molar refractivity (Wildman–Crippen MR) is 83.7 cm³/mol. The fourth-order valence-corrected chi connectivity index (χ4v) is 3.23. The van der Waals surface area contributed by atoms with Gasteiger partial charge in [0.2, 0.25) is 5.91 Å². The second kappa shape index (κ2) is 6.67. The molecule has 0 saturated carbocycles. The van der Waals surface area contributed by atoms with Gasteiger partial charge in [-0.05, 0) is 24.3 Å². The number of allylic oxidation sites excluding steroid dienone is 1. The Morgan fingerprint density at radius 2 is 2.09 bits per heavy atom. The molecule has 0 aromatic heterocycles. The van der Waals surface area contributed by atoms with Gasteiger partial charge in [0.15, 0.2) is 0 Å². The van der Waals surface area contributed by atoms with Crippen molar-refractivity contribution in [2.24, 2.45) is 5.92 Å². The van der Waals surface area contributed by atoms with E-state index in [2.05, 4.69) is 11.4 Å². The second-order valence-corrected chi connectivity index (χ2v) is 5.70. The molecule has 2 rings (SSSR count). The van der Waals surface area contributed by atoms with Crippen LogP contribution in [0.3, 0.4) is 0 Å². The Kier molecular flexibility index (Phi) is 4.88. The van der Waals surface area contributed by atoms with Crippen LogP contribution in [0.5, 0.6) is 0 Å². The van der Waals surface area contributed by atoms with Gasteiger partial charge in [-0.15, -0.1) is 11.8 Å². The average Bonchev–Trinajstić information content (AvgIpc) is 2.53. The van der Waals surface area contributed by atoms with Gasteiger partial charge in [0.25, 0.3) is 0 Å². The lowest BCUT2D eigenvalue weighted by atomic mass is 9.77. The summed E-state index contributed by atoms with van der Waals surface area (Å²) in [6, 6.07) is 9.58.